The van der Waals surface area contributed by atoms with E-state index in [1.165, 1.54) is 22.3 Å². The summed E-state index contributed by atoms with van der Waals surface area (Å²) in [5, 5.41) is 0. The molecule has 78 valence electrons. The monoisotopic (exact) mass is 192 g/mol. The number of benzene rings is 1. The maximum atomic E-state index is 5.90. The van der Waals surface area contributed by atoms with Crippen molar-refractivity contribution >= 4 is 5.69 Å². The van der Waals surface area contributed by atoms with Crippen LogP contribution < -0.4 is 11.5 Å². The highest BCUT2D eigenvalue weighted by molar-refractivity contribution is 5.56. The van der Waals surface area contributed by atoms with E-state index in [2.05, 4.69) is 27.7 Å². The van der Waals surface area contributed by atoms with Crippen LogP contribution in [0.25, 0.3) is 0 Å². The lowest BCUT2D eigenvalue weighted by Crippen LogP contribution is -2.13. The van der Waals surface area contributed by atoms with Crippen LogP contribution in [0.5, 0.6) is 0 Å². The third-order valence-electron chi connectivity index (χ3n) is 3.04. The second-order valence-corrected chi connectivity index (χ2v) is 4.08. The Kier molecular flexibility index (Phi) is 3.17. The SMILES string of the molecule is Cc1cc(N)c(C)c(C)c1C(C)CN. The van der Waals surface area contributed by atoms with Gasteiger partial charge in [-0.1, -0.05) is 6.92 Å². The minimum Gasteiger partial charge on any atom is -0.398 e. The Morgan fingerprint density at radius 1 is 1.21 bits per heavy atom. The fourth-order valence-electron chi connectivity index (χ4n) is 2.01. The van der Waals surface area contributed by atoms with Crippen LogP contribution in [0.3, 0.4) is 0 Å². The number of nitrogen functional groups attached to an aromatic ring is 1. The number of hydrogen-bond acceptors (Lipinski definition) is 2. The number of anilines is 1. The van der Waals surface area contributed by atoms with Crippen molar-refractivity contribution in [3.8, 4) is 0 Å². The summed E-state index contributed by atoms with van der Waals surface area (Å²) in [6, 6.07) is 2.05. The molecule has 1 aromatic rings. The van der Waals surface area contributed by atoms with E-state index in [0.717, 1.165) is 5.69 Å². The summed E-state index contributed by atoms with van der Waals surface area (Å²) in [4.78, 5) is 0. The molecule has 1 unspecified atom stereocenters. The first-order valence-electron chi connectivity index (χ1n) is 5.05. The molecule has 1 aromatic carbocycles. The van der Waals surface area contributed by atoms with Crippen LogP contribution in [0.2, 0.25) is 0 Å². The van der Waals surface area contributed by atoms with Gasteiger partial charge in [-0.25, -0.2) is 0 Å². The fourth-order valence-corrected chi connectivity index (χ4v) is 2.01. The van der Waals surface area contributed by atoms with Crippen molar-refractivity contribution < 1.29 is 0 Å². The van der Waals surface area contributed by atoms with Gasteiger partial charge in [0.1, 0.15) is 0 Å². The van der Waals surface area contributed by atoms with Gasteiger partial charge in [0.15, 0.2) is 0 Å². The van der Waals surface area contributed by atoms with Crippen molar-refractivity contribution in [2.45, 2.75) is 33.6 Å². The maximum absolute atomic E-state index is 5.90. The summed E-state index contributed by atoms with van der Waals surface area (Å²) in [5.74, 6) is 0.411. The van der Waals surface area contributed by atoms with Gasteiger partial charge in [-0.3, -0.25) is 0 Å². The summed E-state index contributed by atoms with van der Waals surface area (Å²) >= 11 is 0. The van der Waals surface area contributed by atoms with Crippen LogP contribution in [-0.2, 0) is 0 Å². The molecule has 2 heteroatoms. The van der Waals surface area contributed by atoms with Gasteiger partial charge in [0, 0.05) is 5.69 Å². The second kappa shape index (κ2) is 4.01. The molecular weight excluding hydrogens is 172 g/mol. The number of nitrogens with two attached hydrogens (primary N) is 2. The van der Waals surface area contributed by atoms with Gasteiger partial charge in [-0.05, 0) is 61.6 Å². The Labute approximate surface area is 86.3 Å². The van der Waals surface area contributed by atoms with Crippen molar-refractivity contribution in [2.75, 3.05) is 12.3 Å². The molecule has 1 atom stereocenters. The lowest BCUT2D eigenvalue weighted by molar-refractivity contribution is 0.760. The van der Waals surface area contributed by atoms with E-state index in [1.54, 1.807) is 0 Å². The van der Waals surface area contributed by atoms with Crippen LogP contribution in [0.4, 0.5) is 5.69 Å². The average Bonchev–Trinajstić information content (AvgIpc) is 2.14. The normalized spacial score (nSPS) is 12.9. The molecule has 0 radical (unpaired) electrons. The molecule has 0 bridgehead atoms. The Morgan fingerprint density at radius 2 is 1.79 bits per heavy atom. The predicted octanol–water partition coefficient (Wildman–Crippen LogP) is 2.26. The van der Waals surface area contributed by atoms with Crippen molar-refractivity contribution in [3.63, 3.8) is 0 Å². The third kappa shape index (κ3) is 1.75. The molecule has 2 nitrogen and oxygen atoms in total. The van der Waals surface area contributed by atoms with E-state index in [1.807, 2.05) is 6.07 Å². The molecule has 0 fully saturated rings. The molecule has 0 saturated carbocycles. The number of aryl methyl sites for hydroxylation is 1. The van der Waals surface area contributed by atoms with Crippen molar-refractivity contribution in [2.24, 2.45) is 5.73 Å². The standard InChI is InChI=1S/C12H20N2/c1-7-5-11(14)9(3)10(4)12(7)8(2)6-13/h5,8H,6,13-14H2,1-4H3. The van der Waals surface area contributed by atoms with Crippen LogP contribution in [0.1, 0.15) is 35.1 Å². The third-order valence-corrected chi connectivity index (χ3v) is 3.04. The molecule has 0 aromatic heterocycles. The molecule has 1 rings (SSSR count). The van der Waals surface area contributed by atoms with E-state index in [4.69, 9.17) is 11.5 Å². The fraction of sp³-hybridized carbons (Fsp3) is 0.500. The average molecular weight is 192 g/mol. The molecule has 14 heavy (non-hydrogen) atoms. The van der Waals surface area contributed by atoms with Crippen molar-refractivity contribution in [1.29, 1.82) is 0 Å². The summed E-state index contributed by atoms with van der Waals surface area (Å²) < 4.78 is 0. The van der Waals surface area contributed by atoms with Gasteiger partial charge in [0.2, 0.25) is 0 Å². The van der Waals surface area contributed by atoms with Crippen LogP contribution in [0, 0.1) is 20.8 Å². The van der Waals surface area contributed by atoms with Crippen molar-refractivity contribution in [1.82, 2.24) is 0 Å². The van der Waals surface area contributed by atoms with Crippen LogP contribution in [0.15, 0.2) is 6.07 Å². The van der Waals surface area contributed by atoms with E-state index in [0.29, 0.717) is 12.5 Å². The highest BCUT2D eigenvalue weighted by Crippen LogP contribution is 2.28. The zero-order chi connectivity index (χ0) is 10.9. The zero-order valence-electron chi connectivity index (χ0n) is 9.52. The lowest BCUT2D eigenvalue weighted by atomic mass is 9.89. The molecular formula is C12H20N2. The van der Waals surface area contributed by atoms with Gasteiger partial charge in [0.25, 0.3) is 0 Å². The molecule has 0 amide bonds. The molecule has 0 heterocycles. The first-order valence-corrected chi connectivity index (χ1v) is 5.05. The van der Waals surface area contributed by atoms with E-state index >= 15 is 0 Å². The van der Waals surface area contributed by atoms with E-state index in [-0.39, 0.29) is 0 Å². The molecule has 0 aliphatic heterocycles. The van der Waals surface area contributed by atoms with Crippen LogP contribution >= 0.6 is 0 Å². The minimum absolute atomic E-state index is 0.411. The summed E-state index contributed by atoms with van der Waals surface area (Å²) in [5.41, 5.74) is 17.6. The van der Waals surface area contributed by atoms with Gasteiger partial charge in [-0.15, -0.1) is 0 Å². The van der Waals surface area contributed by atoms with Gasteiger partial charge in [0.05, 0.1) is 0 Å². The highest BCUT2D eigenvalue weighted by atomic mass is 14.6. The maximum Gasteiger partial charge on any atom is 0.0349 e. The summed E-state index contributed by atoms with van der Waals surface area (Å²) in [6.07, 6.45) is 0. The second-order valence-electron chi connectivity index (χ2n) is 4.08. The lowest BCUT2D eigenvalue weighted by Gasteiger charge is -2.19. The topological polar surface area (TPSA) is 52.0 Å². The number of hydrogen-bond donors (Lipinski definition) is 2. The molecule has 0 aliphatic carbocycles. The Hall–Kier alpha value is -1.02. The molecule has 0 aliphatic rings. The highest BCUT2D eigenvalue weighted by Gasteiger charge is 2.13. The molecule has 0 spiro atoms. The van der Waals surface area contributed by atoms with Crippen molar-refractivity contribution in [3.05, 3.63) is 28.3 Å². The largest absolute Gasteiger partial charge is 0.398 e. The first kappa shape index (κ1) is 11.1. The molecule has 0 saturated heterocycles. The van der Waals surface area contributed by atoms with Gasteiger partial charge in [-0.2, -0.15) is 0 Å². The Bertz CT molecular complexity index is 343. The van der Waals surface area contributed by atoms with E-state index in [9.17, 15) is 0 Å². The summed E-state index contributed by atoms with van der Waals surface area (Å²) in [6.45, 7) is 9.14. The Morgan fingerprint density at radius 3 is 2.29 bits per heavy atom. The first-order chi connectivity index (χ1) is 6.49. The smallest absolute Gasteiger partial charge is 0.0349 e. The minimum atomic E-state index is 0.411. The Balaban J connectivity index is 3.36. The van der Waals surface area contributed by atoms with Crippen LogP contribution in [-0.4, -0.2) is 6.54 Å². The predicted molar refractivity (Wildman–Crippen MR) is 62.5 cm³/mol. The summed E-state index contributed by atoms with van der Waals surface area (Å²) in [7, 11) is 0. The van der Waals surface area contributed by atoms with E-state index < -0.39 is 0 Å². The zero-order valence-corrected chi connectivity index (χ0v) is 9.52. The molecule has 4 N–H and O–H groups in total. The van der Waals surface area contributed by atoms with Gasteiger partial charge < -0.3 is 11.5 Å². The quantitative estimate of drug-likeness (QED) is 0.706. The number of rotatable bonds is 2. The van der Waals surface area contributed by atoms with Gasteiger partial charge >= 0.3 is 0 Å².